The van der Waals surface area contributed by atoms with Gasteiger partial charge in [0, 0.05) is 25.4 Å². The number of primary amides is 1. The molecule has 0 spiro atoms. The van der Waals surface area contributed by atoms with Crippen LogP contribution in [0.1, 0.15) is 32.0 Å². The summed E-state index contributed by atoms with van der Waals surface area (Å²) in [6.45, 7) is 6.65. The van der Waals surface area contributed by atoms with Crippen molar-refractivity contribution in [2.45, 2.75) is 39.8 Å². The quantitative estimate of drug-likeness (QED) is 0.761. The predicted molar refractivity (Wildman–Crippen MR) is 67.2 cm³/mol. The van der Waals surface area contributed by atoms with Crippen LogP contribution in [0.2, 0.25) is 0 Å². The summed E-state index contributed by atoms with van der Waals surface area (Å²) in [5, 5.41) is 7.55. The molecule has 96 valence electrons. The fourth-order valence-corrected chi connectivity index (χ4v) is 1.91. The first kappa shape index (κ1) is 13.7. The maximum atomic E-state index is 11.3. The number of nitrogens with zero attached hydrogens (tertiary/aromatic N) is 2. The maximum absolute atomic E-state index is 11.3. The van der Waals surface area contributed by atoms with Crippen molar-refractivity contribution in [2.24, 2.45) is 18.7 Å². The smallest absolute Gasteiger partial charge is 0.234 e. The summed E-state index contributed by atoms with van der Waals surface area (Å²) in [4.78, 5) is 11.3. The summed E-state index contributed by atoms with van der Waals surface area (Å²) in [5.41, 5.74) is 7.54. The van der Waals surface area contributed by atoms with Gasteiger partial charge >= 0.3 is 0 Å². The molecule has 1 heterocycles. The molecule has 1 aromatic heterocycles. The largest absolute Gasteiger partial charge is 0.368 e. The molecule has 0 aliphatic carbocycles. The summed E-state index contributed by atoms with van der Waals surface area (Å²) in [5.74, 6) is -0.115. The lowest BCUT2D eigenvalue weighted by atomic mass is 10.0. The van der Waals surface area contributed by atoms with Crippen molar-refractivity contribution in [2.75, 3.05) is 0 Å². The molecule has 3 N–H and O–H groups in total. The Morgan fingerprint density at radius 2 is 2.24 bits per heavy atom. The average Bonchev–Trinajstić information content (AvgIpc) is 2.58. The SMILES string of the molecule is CCc1nn(C)cc1CNC(C(N)=O)C(C)C. The Kier molecular flexibility index (Phi) is 4.69. The third-order valence-corrected chi connectivity index (χ3v) is 2.81. The van der Waals surface area contributed by atoms with E-state index in [4.69, 9.17) is 5.73 Å². The van der Waals surface area contributed by atoms with Crippen molar-refractivity contribution in [1.29, 1.82) is 0 Å². The second-order valence-electron chi connectivity index (χ2n) is 4.63. The molecule has 0 bridgehead atoms. The number of carbonyl (C=O) groups is 1. The number of nitrogens with one attached hydrogen (secondary N) is 1. The first-order valence-electron chi connectivity index (χ1n) is 5.99. The van der Waals surface area contributed by atoms with Crippen LogP contribution in [0.25, 0.3) is 0 Å². The fraction of sp³-hybridized carbons (Fsp3) is 0.667. The minimum Gasteiger partial charge on any atom is -0.368 e. The van der Waals surface area contributed by atoms with Gasteiger partial charge in [0.1, 0.15) is 0 Å². The lowest BCUT2D eigenvalue weighted by Gasteiger charge is -2.18. The van der Waals surface area contributed by atoms with Gasteiger partial charge in [-0.1, -0.05) is 20.8 Å². The minimum absolute atomic E-state index is 0.189. The summed E-state index contributed by atoms with van der Waals surface area (Å²) in [6, 6.07) is -0.292. The number of aryl methyl sites for hydroxylation is 2. The molecule has 1 amide bonds. The zero-order valence-corrected chi connectivity index (χ0v) is 11.0. The Hall–Kier alpha value is -1.36. The predicted octanol–water partition coefficient (Wildman–Crippen LogP) is 0.582. The van der Waals surface area contributed by atoms with Crippen molar-refractivity contribution in [3.05, 3.63) is 17.5 Å². The van der Waals surface area contributed by atoms with Crippen molar-refractivity contribution in [1.82, 2.24) is 15.1 Å². The van der Waals surface area contributed by atoms with Gasteiger partial charge in [0.25, 0.3) is 0 Å². The van der Waals surface area contributed by atoms with Gasteiger partial charge in [-0.2, -0.15) is 5.10 Å². The Morgan fingerprint density at radius 3 is 2.71 bits per heavy atom. The Labute approximate surface area is 102 Å². The number of rotatable bonds is 6. The third kappa shape index (κ3) is 3.56. The highest BCUT2D eigenvalue weighted by atomic mass is 16.1. The molecule has 5 nitrogen and oxygen atoms in total. The Morgan fingerprint density at radius 1 is 1.59 bits per heavy atom. The van der Waals surface area contributed by atoms with E-state index >= 15 is 0 Å². The fourth-order valence-electron chi connectivity index (χ4n) is 1.91. The second kappa shape index (κ2) is 5.82. The van der Waals surface area contributed by atoms with Gasteiger partial charge in [-0.15, -0.1) is 0 Å². The van der Waals surface area contributed by atoms with E-state index in [0.717, 1.165) is 17.7 Å². The normalized spacial score (nSPS) is 13.0. The molecule has 1 aromatic rings. The van der Waals surface area contributed by atoms with Crippen LogP contribution in [-0.4, -0.2) is 21.7 Å². The number of aromatic nitrogens is 2. The number of hydrogen-bond acceptors (Lipinski definition) is 3. The van der Waals surface area contributed by atoms with Gasteiger partial charge < -0.3 is 11.1 Å². The molecule has 0 aliphatic heterocycles. The van der Waals surface area contributed by atoms with Crippen LogP contribution >= 0.6 is 0 Å². The molecule has 0 aromatic carbocycles. The molecule has 0 fully saturated rings. The Balaban J connectivity index is 2.68. The van der Waals surface area contributed by atoms with Crippen molar-refractivity contribution in [3.63, 3.8) is 0 Å². The summed E-state index contributed by atoms with van der Waals surface area (Å²) >= 11 is 0. The van der Waals surface area contributed by atoms with E-state index in [-0.39, 0.29) is 17.9 Å². The number of hydrogen-bond donors (Lipinski definition) is 2. The van der Waals surface area contributed by atoms with E-state index in [2.05, 4.69) is 17.3 Å². The molecule has 1 unspecified atom stereocenters. The molecule has 1 atom stereocenters. The first-order valence-corrected chi connectivity index (χ1v) is 5.99. The second-order valence-corrected chi connectivity index (χ2v) is 4.63. The minimum atomic E-state index is -0.304. The van der Waals surface area contributed by atoms with E-state index in [9.17, 15) is 4.79 Å². The number of nitrogens with two attached hydrogens (primary N) is 1. The van der Waals surface area contributed by atoms with Gasteiger partial charge in [-0.3, -0.25) is 9.48 Å². The highest BCUT2D eigenvalue weighted by molar-refractivity contribution is 5.80. The van der Waals surface area contributed by atoms with Gasteiger partial charge in [-0.05, 0) is 12.3 Å². The van der Waals surface area contributed by atoms with Gasteiger partial charge in [0.05, 0.1) is 11.7 Å². The van der Waals surface area contributed by atoms with E-state index in [1.54, 1.807) is 4.68 Å². The molecule has 0 aliphatic rings. The van der Waals surface area contributed by atoms with Crippen LogP contribution in [-0.2, 0) is 24.8 Å². The summed E-state index contributed by atoms with van der Waals surface area (Å²) < 4.78 is 1.80. The van der Waals surface area contributed by atoms with Crippen LogP contribution in [0.5, 0.6) is 0 Å². The van der Waals surface area contributed by atoms with E-state index in [1.807, 2.05) is 27.1 Å². The number of amides is 1. The van der Waals surface area contributed by atoms with E-state index in [1.165, 1.54) is 0 Å². The zero-order valence-electron chi connectivity index (χ0n) is 11.0. The summed E-state index contributed by atoms with van der Waals surface area (Å²) in [6.07, 6.45) is 2.87. The Bertz CT molecular complexity index is 384. The third-order valence-electron chi connectivity index (χ3n) is 2.81. The van der Waals surface area contributed by atoms with Gasteiger partial charge in [0.2, 0.25) is 5.91 Å². The average molecular weight is 238 g/mol. The molecule has 1 rings (SSSR count). The van der Waals surface area contributed by atoms with Crippen molar-refractivity contribution >= 4 is 5.91 Å². The van der Waals surface area contributed by atoms with Crippen molar-refractivity contribution < 1.29 is 4.79 Å². The highest BCUT2D eigenvalue weighted by Crippen LogP contribution is 2.08. The van der Waals surface area contributed by atoms with Gasteiger partial charge in [-0.25, -0.2) is 0 Å². The molecular weight excluding hydrogens is 216 g/mol. The van der Waals surface area contributed by atoms with Crippen LogP contribution in [0.15, 0.2) is 6.20 Å². The first-order chi connectivity index (χ1) is 7.95. The van der Waals surface area contributed by atoms with Crippen LogP contribution in [0.3, 0.4) is 0 Å². The van der Waals surface area contributed by atoms with E-state index in [0.29, 0.717) is 6.54 Å². The molecule has 0 saturated heterocycles. The molecule has 17 heavy (non-hydrogen) atoms. The van der Waals surface area contributed by atoms with Crippen LogP contribution in [0, 0.1) is 5.92 Å². The summed E-state index contributed by atoms with van der Waals surface area (Å²) in [7, 11) is 1.90. The molecule has 0 saturated carbocycles. The lowest BCUT2D eigenvalue weighted by molar-refractivity contribution is -0.121. The lowest BCUT2D eigenvalue weighted by Crippen LogP contribution is -2.44. The van der Waals surface area contributed by atoms with Gasteiger partial charge in [0.15, 0.2) is 0 Å². The van der Waals surface area contributed by atoms with Crippen molar-refractivity contribution in [3.8, 4) is 0 Å². The molecular formula is C12H22N4O. The molecule has 0 radical (unpaired) electrons. The van der Waals surface area contributed by atoms with Crippen LogP contribution in [0.4, 0.5) is 0 Å². The topological polar surface area (TPSA) is 72.9 Å². The standard InChI is InChI=1S/C12H22N4O/c1-5-10-9(7-16(4)15-10)6-14-11(8(2)3)12(13)17/h7-8,11,14H,5-6H2,1-4H3,(H2,13,17). The van der Waals surface area contributed by atoms with Crippen LogP contribution < -0.4 is 11.1 Å². The maximum Gasteiger partial charge on any atom is 0.234 e. The highest BCUT2D eigenvalue weighted by Gasteiger charge is 2.19. The van der Waals surface area contributed by atoms with E-state index < -0.39 is 0 Å². The zero-order chi connectivity index (χ0) is 13.0. The monoisotopic (exact) mass is 238 g/mol. The number of carbonyl (C=O) groups excluding carboxylic acids is 1. The molecule has 5 heteroatoms.